The second kappa shape index (κ2) is 6.16. The van der Waals surface area contributed by atoms with E-state index in [-0.39, 0.29) is 23.6 Å². The minimum Gasteiger partial charge on any atom is -0.364 e. The summed E-state index contributed by atoms with van der Waals surface area (Å²) in [4.78, 5) is 26.5. The molecule has 1 heterocycles. The number of carbonyl (C=O) groups is 1. The van der Waals surface area contributed by atoms with Gasteiger partial charge in [-0.3, -0.25) is 9.59 Å². The third-order valence-corrected chi connectivity index (χ3v) is 3.01. The molecule has 1 atom stereocenters. The van der Waals surface area contributed by atoms with E-state index < -0.39 is 5.91 Å². The predicted molar refractivity (Wildman–Crippen MR) is 77.5 cm³/mol. The van der Waals surface area contributed by atoms with Gasteiger partial charge in [0, 0.05) is 30.5 Å². The van der Waals surface area contributed by atoms with Gasteiger partial charge >= 0.3 is 0 Å². The highest BCUT2D eigenvalue weighted by molar-refractivity contribution is 5.93. The van der Waals surface area contributed by atoms with E-state index in [9.17, 15) is 9.59 Å². The number of amides is 1. The highest BCUT2D eigenvalue weighted by Crippen LogP contribution is 2.08. The lowest BCUT2D eigenvalue weighted by Gasteiger charge is -2.13. The first kappa shape index (κ1) is 14.0. The lowest BCUT2D eigenvalue weighted by molar-refractivity contribution is 0.0950. The summed E-state index contributed by atoms with van der Waals surface area (Å²) < 4.78 is 0. The Kier molecular flexibility index (Phi) is 4.32. The molecule has 0 aliphatic carbocycles. The average Bonchev–Trinajstić information content (AvgIpc) is 2.45. The van der Waals surface area contributed by atoms with E-state index >= 15 is 0 Å². The van der Waals surface area contributed by atoms with Crippen LogP contribution in [0.15, 0.2) is 47.4 Å². The molecule has 2 rings (SSSR count). The molecule has 0 aliphatic rings. The van der Waals surface area contributed by atoms with Crippen molar-refractivity contribution in [2.24, 2.45) is 5.73 Å². The number of benzene rings is 1. The molecule has 5 heteroatoms. The van der Waals surface area contributed by atoms with Gasteiger partial charge < -0.3 is 16.0 Å². The van der Waals surface area contributed by atoms with E-state index in [0.29, 0.717) is 5.69 Å². The van der Waals surface area contributed by atoms with Gasteiger partial charge in [0.05, 0.1) is 0 Å². The normalized spacial score (nSPS) is 11.9. The number of rotatable bonds is 4. The van der Waals surface area contributed by atoms with E-state index in [1.807, 2.05) is 30.3 Å². The first-order valence-electron chi connectivity index (χ1n) is 6.36. The predicted octanol–water partition coefficient (Wildman–Crippen LogP) is 1.11. The smallest absolute Gasteiger partial charge is 0.256 e. The third kappa shape index (κ3) is 3.33. The van der Waals surface area contributed by atoms with Crippen LogP contribution in [0.3, 0.4) is 0 Å². The van der Waals surface area contributed by atoms with Gasteiger partial charge in [-0.1, -0.05) is 30.3 Å². The molecule has 0 radical (unpaired) electrons. The summed E-state index contributed by atoms with van der Waals surface area (Å²) >= 11 is 0. The Hall–Kier alpha value is -2.40. The zero-order chi connectivity index (χ0) is 14.5. The first-order valence-corrected chi connectivity index (χ1v) is 6.36. The van der Waals surface area contributed by atoms with Crippen LogP contribution in [-0.2, 0) is 0 Å². The van der Waals surface area contributed by atoms with Crippen molar-refractivity contribution in [2.75, 3.05) is 6.54 Å². The van der Waals surface area contributed by atoms with E-state index in [1.165, 1.54) is 12.3 Å². The Balaban J connectivity index is 2.00. The van der Waals surface area contributed by atoms with Gasteiger partial charge in [-0.15, -0.1) is 0 Å². The SMILES string of the molecule is Cc1cc(=O)c(C(=O)NCC(N)c2ccccc2)c[nH]1. The number of aromatic amines is 1. The summed E-state index contributed by atoms with van der Waals surface area (Å²) in [6, 6.07) is 10.6. The quantitative estimate of drug-likeness (QED) is 0.778. The fourth-order valence-corrected chi connectivity index (χ4v) is 1.87. The number of hydrogen-bond acceptors (Lipinski definition) is 3. The van der Waals surface area contributed by atoms with E-state index in [1.54, 1.807) is 6.92 Å². The third-order valence-electron chi connectivity index (χ3n) is 3.01. The van der Waals surface area contributed by atoms with Crippen LogP contribution in [0, 0.1) is 6.92 Å². The maximum absolute atomic E-state index is 11.9. The minimum atomic E-state index is -0.419. The number of H-pyrrole nitrogens is 1. The molecule has 0 bridgehead atoms. The van der Waals surface area contributed by atoms with E-state index in [0.717, 1.165) is 5.56 Å². The van der Waals surface area contributed by atoms with Crippen LogP contribution >= 0.6 is 0 Å². The summed E-state index contributed by atoms with van der Waals surface area (Å²) in [6.45, 7) is 2.03. The van der Waals surface area contributed by atoms with Crippen molar-refractivity contribution in [3.8, 4) is 0 Å². The zero-order valence-electron chi connectivity index (χ0n) is 11.2. The Labute approximate surface area is 116 Å². The van der Waals surface area contributed by atoms with Crippen LogP contribution in [0.1, 0.15) is 27.7 Å². The van der Waals surface area contributed by atoms with E-state index in [2.05, 4.69) is 10.3 Å². The van der Waals surface area contributed by atoms with Crippen LogP contribution < -0.4 is 16.5 Å². The van der Waals surface area contributed by atoms with Gasteiger partial charge in [-0.25, -0.2) is 0 Å². The maximum Gasteiger partial charge on any atom is 0.256 e. The van der Waals surface area contributed by atoms with Crippen molar-refractivity contribution >= 4 is 5.91 Å². The Morgan fingerprint density at radius 1 is 1.35 bits per heavy atom. The molecule has 4 N–H and O–H groups in total. The standard InChI is InChI=1S/C15H17N3O2/c1-10-7-14(19)12(8-17-10)15(20)18-9-13(16)11-5-3-2-4-6-11/h2-8,13H,9,16H2,1H3,(H,17,19)(H,18,20). The molecule has 0 saturated carbocycles. The van der Waals surface area contributed by atoms with Crippen molar-refractivity contribution in [1.82, 2.24) is 10.3 Å². The second-order valence-electron chi connectivity index (χ2n) is 4.62. The largest absolute Gasteiger partial charge is 0.364 e. The van der Waals surface area contributed by atoms with Crippen LogP contribution in [0.25, 0.3) is 0 Å². The van der Waals surface area contributed by atoms with Gasteiger partial charge in [-0.05, 0) is 12.5 Å². The van der Waals surface area contributed by atoms with Crippen LogP contribution in [-0.4, -0.2) is 17.4 Å². The number of nitrogens with one attached hydrogen (secondary N) is 2. The van der Waals surface area contributed by atoms with Gasteiger partial charge in [0.2, 0.25) is 0 Å². The van der Waals surface area contributed by atoms with Crippen LogP contribution in [0.4, 0.5) is 0 Å². The lowest BCUT2D eigenvalue weighted by Crippen LogP contribution is -2.34. The molecule has 0 saturated heterocycles. The monoisotopic (exact) mass is 271 g/mol. The molecule has 1 aromatic heterocycles. The molecule has 1 amide bonds. The molecule has 5 nitrogen and oxygen atoms in total. The van der Waals surface area contributed by atoms with Crippen LogP contribution in [0.2, 0.25) is 0 Å². The molecule has 104 valence electrons. The second-order valence-corrected chi connectivity index (χ2v) is 4.62. The lowest BCUT2D eigenvalue weighted by atomic mass is 10.1. The number of pyridine rings is 1. The zero-order valence-corrected chi connectivity index (χ0v) is 11.2. The Morgan fingerprint density at radius 2 is 2.05 bits per heavy atom. The van der Waals surface area contributed by atoms with Gasteiger partial charge in [0.15, 0.2) is 5.43 Å². The number of aromatic nitrogens is 1. The van der Waals surface area contributed by atoms with Crippen molar-refractivity contribution < 1.29 is 4.79 Å². The van der Waals surface area contributed by atoms with Crippen molar-refractivity contribution in [1.29, 1.82) is 0 Å². The average molecular weight is 271 g/mol. The summed E-state index contributed by atoms with van der Waals surface area (Å²) in [5.41, 5.74) is 7.43. The number of carbonyl (C=O) groups excluding carboxylic acids is 1. The summed E-state index contributed by atoms with van der Waals surface area (Å²) in [5, 5.41) is 2.67. The molecular formula is C15H17N3O2. The van der Waals surface area contributed by atoms with Crippen molar-refractivity contribution in [2.45, 2.75) is 13.0 Å². The van der Waals surface area contributed by atoms with Crippen LogP contribution in [0.5, 0.6) is 0 Å². The number of nitrogens with two attached hydrogens (primary N) is 1. The molecule has 20 heavy (non-hydrogen) atoms. The summed E-state index contributed by atoms with van der Waals surface area (Å²) in [6.07, 6.45) is 1.42. The highest BCUT2D eigenvalue weighted by Gasteiger charge is 2.12. The van der Waals surface area contributed by atoms with Gasteiger partial charge in [0.1, 0.15) is 5.56 Å². The molecule has 1 aromatic carbocycles. The molecule has 2 aromatic rings. The molecule has 0 spiro atoms. The summed E-state index contributed by atoms with van der Waals surface area (Å²) in [5.74, 6) is -0.419. The first-order chi connectivity index (χ1) is 9.58. The Morgan fingerprint density at radius 3 is 2.70 bits per heavy atom. The van der Waals surface area contributed by atoms with Gasteiger partial charge in [-0.2, -0.15) is 0 Å². The molecular weight excluding hydrogens is 254 g/mol. The fraction of sp³-hybridized carbons (Fsp3) is 0.200. The minimum absolute atomic E-state index is 0.0934. The van der Waals surface area contributed by atoms with Crippen molar-refractivity contribution in [3.05, 3.63) is 69.6 Å². The topological polar surface area (TPSA) is 88.0 Å². The highest BCUT2D eigenvalue weighted by atomic mass is 16.2. The summed E-state index contributed by atoms with van der Waals surface area (Å²) in [7, 11) is 0. The van der Waals surface area contributed by atoms with Crippen molar-refractivity contribution in [3.63, 3.8) is 0 Å². The molecule has 0 fully saturated rings. The van der Waals surface area contributed by atoms with E-state index in [4.69, 9.17) is 5.73 Å². The maximum atomic E-state index is 11.9. The molecule has 0 aliphatic heterocycles. The Bertz CT molecular complexity index is 650. The number of aryl methyl sites for hydroxylation is 1. The fourth-order valence-electron chi connectivity index (χ4n) is 1.87. The molecule has 1 unspecified atom stereocenters. The number of hydrogen-bond donors (Lipinski definition) is 3. The van der Waals surface area contributed by atoms with Gasteiger partial charge in [0.25, 0.3) is 5.91 Å².